The van der Waals surface area contributed by atoms with Crippen LogP contribution < -0.4 is 5.32 Å². The first-order chi connectivity index (χ1) is 7.93. The summed E-state index contributed by atoms with van der Waals surface area (Å²) in [5.41, 5.74) is 0.609. The average molecular weight is 259 g/mol. The Balaban J connectivity index is 2.67. The third-order valence-electron chi connectivity index (χ3n) is 2.39. The second-order valence-corrected chi connectivity index (χ2v) is 4.91. The van der Waals surface area contributed by atoms with Gasteiger partial charge in [-0.25, -0.2) is 4.98 Å². The molecule has 0 saturated carbocycles. The van der Waals surface area contributed by atoms with Crippen LogP contribution in [0.1, 0.15) is 42.4 Å². The zero-order valence-electron chi connectivity index (χ0n) is 10.7. The van der Waals surface area contributed by atoms with E-state index < -0.39 is 0 Å². The molecule has 1 unspecified atom stereocenters. The Morgan fingerprint density at radius 2 is 2.12 bits per heavy atom. The molecule has 1 atom stereocenters. The molecular formula is C12H19ClN2O2. The van der Waals surface area contributed by atoms with Crippen molar-refractivity contribution >= 4 is 17.5 Å². The van der Waals surface area contributed by atoms with Gasteiger partial charge in [-0.05, 0) is 19.3 Å². The number of rotatable bonds is 5. The van der Waals surface area contributed by atoms with Crippen LogP contribution in [0.4, 0.5) is 0 Å². The van der Waals surface area contributed by atoms with E-state index in [-0.39, 0.29) is 17.7 Å². The summed E-state index contributed by atoms with van der Waals surface area (Å²) in [6.45, 7) is 7.66. The lowest BCUT2D eigenvalue weighted by Crippen LogP contribution is -2.37. The average Bonchev–Trinajstić information content (AvgIpc) is 2.56. The van der Waals surface area contributed by atoms with Gasteiger partial charge in [0.2, 0.25) is 5.76 Å². The molecule has 0 saturated heterocycles. The van der Waals surface area contributed by atoms with Gasteiger partial charge in [0.15, 0.2) is 5.89 Å². The van der Waals surface area contributed by atoms with Crippen molar-refractivity contribution in [1.82, 2.24) is 10.3 Å². The molecule has 1 N–H and O–H groups in total. The molecule has 96 valence electrons. The lowest BCUT2D eigenvalue weighted by atomic mass is 10.1. The summed E-state index contributed by atoms with van der Waals surface area (Å²) in [5.74, 6) is 1.42. The van der Waals surface area contributed by atoms with E-state index in [9.17, 15) is 4.79 Å². The van der Waals surface area contributed by atoms with Gasteiger partial charge in [0.1, 0.15) is 0 Å². The molecule has 4 nitrogen and oxygen atoms in total. The smallest absolute Gasteiger partial charge is 0.289 e. The molecule has 1 heterocycles. The van der Waals surface area contributed by atoms with Crippen LogP contribution in [0.5, 0.6) is 0 Å². The molecular weight excluding hydrogens is 240 g/mol. The first kappa shape index (κ1) is 14.0. The van der Waals surface area contributed by atoms with Crippen LogP contribution in [0, 0.1) is 19.8 Å². The topological polar surface area (TPSA) is 55.1 Å². The van der Waals surface area contributed by atoms with Crippen molar-refractivity contribution in [3.05, 3.63) is 17.3 Å². The number of nitrogens with zero attached hydrogens (tertiary/aromatic N) is 1. The molecule has 0 bridgehead atoms. The SMILES string of the molecule is Cc1nc(C)c(C(=O)NC(CCl)CC(C)C)o1. The van der Waals surface area contributed by atoms with Crippen molar-refractivity contribution in [3.8, 4) is 0 Å². The van der Waals surface area contributed by atoms with Crippen LogP contribution >= 0.6 is 11.6 Å². The Bertz CT molecular complexity index is 388. The second kappa shape index (κ2) is 6.05. The summed E-state index contributed by atoms with van der Waals surface area (Å²) in [5, 5.41) is 2.86. The van der Waals surface area contributed by atoms with E-state index in [2.05, 4.69) is 24.1 Å². The summed E-state index contributed by atoms with van der Waals surface area (Å²) >= 11 is 5.83. The molecule has 0 aliphatic rings. The monoisotopic (exact) mass is 258 g/mol. The van der Waals surface area contributed by atoms with E-state index >= 15 is 0 Å². The van der Waals surface area contributed by atoms with Gasteiger partial charge in [0.05, 0.1) is 5.69 Å². The van der Waals surface area contributed by atoms with Crippen molar-refractivity contribution in [3.63, 3.8) is 0 Å². The number of nitrogens with one attached hydrogen (secondary N) is 1. The normalized spacial score (nSPS) is 12.8. The Labute approximate surface area is 107 Å². The number of hydrogen-bond acceptors (Lipinski definition) is 3. The van der Waals surface area contributed by atoms with E-state index in [0.717, 1.165) is 6.42 Å². The number of hydrogen-bond donors (Lipinski definition) is 1. The molecule has 1 amide bonds. The minimum absolute atomic E-state index is 0.0334. The van der Waals surface area contributed by atoms with Gasteiger partial charge in [-0.3, -0.25) is 4.79 Å². The number of alkyl halides is 1. The van der Waals surface area contributed by atoms with E-state index in [0.29, 0.717) is 23.4 Å². The molecule has 17 heavy (non-hydrogen) atoms. The first-order valence-electron chi connectivity index (χ1n) is 5.74. The number of aromatic nitrogens is 1. The van der Waals surface area contributed by atoms with Crippen LogP contribution in [0.3, 0.4) is 0 Å². The van der Waals surface area contributed by atoms with Gasteiger partial charge < -0.3 is 9.73 Å². The third kappa shape index (κ3) is 4.04. The second-order valence-electron chi connectivity index (χ2n) is 4.60. The van der Waals surface area contributed by atoms with E-state index in [1.54, 1.807) is 13.8 Å². The summed E-state index contributed by atoms with van der Waals surface area (Å²) in [4.78, 5) is 16.0. The fraction of sp³-hybridized carbons (Fsp3) is 0.667. The Kier molecular flexibility index (Phi) is 5.00. The predicted molar refractivity (Wildman–Crippen MR) is 67.4 cm³/mol. The summed E-state index contributed by atoms with van der Waals surface area (Å²) in [6.07, 6.45) is 0.849. The minimum atomic E-state index is -0.241. The van der Waals surface area contributed by atoms with Crippen molar-refractivity contribution in [2.45, 2.75) is 40.2 Å². The van der Waals surface area contributed by atoms with E-state index in [1.165, 1.54) is 0 Å². The van der Waals surface area contributed by atoms with Gasteiger partial charge in [-0.1, -0.05) is 13.8 Å². The molecule has 5 heteroatoms. The Morgan fingerprint density at radius 1 is 1.47 bits per heavy atom. The van der Waals surface area contributed by atoms with Crippen LogP contribution in [-0.2, 0) is 0 Å². The summed E-state index contributed by atoms with van der Waals surface area (Å²) < 4.78 is 5.26. The molecule has 1 aromatic heterocycles. The molecule has 0 aliphatic carbocycles. The Morgan fingerprint density at radius 3 is 2.53 bits per heavy atom. The first-order valence-corrected chi connectivity index (χ1v) is 6.28. The molecule has 0 spiro atoms. The zero-order chi connectivity index (χ0) is 13.0. The number of amides is 1. The largest absolute Gasteiger partial charge is 0.436 e. The maximum atomic E-state index is 11.9. The highest BCUT2D eigenvalue weighted by Gasteiger charge is 2.19. The number of aryl methyl sites for hydroxylation is 2. The highest BCUT2D eigenvalue weighted by molar-refractivity contribution is 6.18. The fourth-order valence-corrected chi connectivity index (χ4v) is 1.93. The van der Waals surface area contributed by atoms with Crippen molar-refractivity contribution < 1.29 is 9.21 Å². The lowest BCUT2D eigenvalue weighted by molar-refractivity contribution is 0.0906. The van der Waals surface area contributed by atoms with Crippen LogP contribution in [0.25, 0.3) is 0 Å². The zero-order valence-corrected chi connectivity index (χ0v) is 11.5. The van der Waals surface area contributed by atoms with Crippen molar-refractivity contribution in [2.75, 3.05) is 5.88 Å². The minimum Gasteiger partial charge on any atom is -0.436 e. The lowest BCUT2D eigenvalue weighted by Gasteiger charge is -2.17. The third-order valence-corrected chi connectivity index (χ3v) is 2.76. The number of halogens is 1. The van der Waals surface area contributed by atoms with Gasteiger partial charge in [-0.2, -0.15) is 0 Å². The number of oxazole rings is 1. The fourth-order valence-electron chi connectivity index (χ4n) is 1.72. The van der Waals surface area contributed by atoms with E-state index in [1.807, 2.05) is 0 Å². The molecule has 1 rings (SSSR count). The number of carbonyl (C=O) groups excluding carboxylic acids is 1. The van der Waals surface area contributed by atoms with Crippen LogP contribution in [0.2, 0.25) is 0 Å². The maximum Gasteiger partial charge on any atom is 0.289 e. The van der Waals surface area contributed by atoms with Gasteiger partial charge >= 0.3 is 0 Å². The van der Waals surface area contributed by atoms with Gasteiger partial charge in [-0.15, -0.1) is 11.6 Å². The number of carbonyl (C=O) groups is 1. The van der Waals surface area contributed by atoms with Crippen molar-refractivity contribution in [1.29, 1.82) is 0 Å². The van der Waals surface area contributed by atoms with Crippen LogP contribution in [-0.4, -0.2) is 22.8 Å². The van der Waals surface area contributed by atoms with Crippen molar-refractivity contribution in [2.24, 2.45) is 5.92 Å². The maximum absolute atomic E-state index is 11.9. The summed E-state index contributed by atoms with van der Waals surface area (Å²) in [6, 6.07) is -0.0334. The Hall–Kier alpha value is -1.03. The van der Waals surface area contributed by atoms with E-state index in [4.69, 9.17) is 16.0 Å². The van der Waals surface area contributed by atoms with Crippen LogP contribution in [0.15, 0.2) is 4.42 Å². The molecule has 0 aliphatic heterocycles. The highest BCUT2D eigenvalue weighted by Crippen LogP contribution is 2.11. The molecule has 0 fully saturated rings. The van der Waals surface area contributed by atoms with Gasteiger partial charge in [0.25, 0.3) is 5.91 Å². The predicted octanol–water partition coefficient (Wildman–Crippen LogP) is 2.67. The highest BCUT2D eigenvalue weighted by atomic mass is 35.5. The molecule has 0 radical (unpaired) electrons. The molecule has 1 aromatic rings. The van der Waals surface area contributed by atoms with Gasteiger partial charge in [0, 0.05) is 18.8 Å². The quantitative estimate of drug-likeness (QED) is 0.826. The summed E-state index contributed by atoms with van der Waals surface area (Å²) in [7, 11) is 0. The standard InChI is InChI=1S/C12H19ClN2O2/c1-7(2)5-10(6-13)15-12(16)11-8(3)14-9(4)17-11/h7,10H,5-6H2,1-4H3,(H,15,16). The molecule has 0 aromatic carbocycles.